The van der Waals surface area contributed by atoms with Crippen molar-refractivity contribution in [2.45, 2.75) is 20.3 Å². The van der Waals surface area contributed by atoms with Gasteiger partial charge in [-0.1, -0.05) is 19.9 Å². The molecule has 0 saturated carbocycles. The molecule has 4 nitrogen and oxygen atoms in total. The third-order valence-corrected chi connectivity index (χ3v) is 3.50. The third-order valence-electron chi connectivity index (χ3n) is 3.50. The molecule has 1 aromatic heterocycles. The third kappa shape index (κ3) is 5.40. The number of benzene rings is 1. The normalized spacial score (nSPS) is 10.6. The number of hydrogen-bond acceptors (Lipinski definition) is 3. The lowest BCUT2D eigenvalue weighted by Crippen LogP contribution is -2.28. The van der Waals surface area contributed by atoms with Gasteiger partial charge in [-0.25, -0.2) is 0 Å². The first kappa shape index (κ1) is 17.0. The van der Waals surface area contributed by atoms with Crippen molar-refractivity contribution >= 4 is 5.91 Å². The first-order valence-electron chi connectivity index (χ1n) is 7.93. The second kappa shape index (κ2) is 8.32. The highest BCUT2D eigenvalue weighted by Crippen LogP contribution is 2.16. The zero-order chi connectivity index (χ0) is 16.7. The van der Waals surface area contributed by atoms with E-state index in [-0.39, 0.29) is 5.91 Å². The summed E-state index contributed by atoms with van der Waals surface area (Å²) in [5, 5.41) is 0. The number of nitrogens with zero attached hydrogens (tertiary/aromatic N) is 2. The van der Waals surface area contributed by atoms with Crippen molar-refractivity contribution in [2.24, 2.45) is 5.92 Å². The Morgan fingerprint density at radius 3 is 2.65 bits per heavy atom. The predicted octanol–water partition coefficient (Wildman–Crippen LogP) is 3.43. The maximum absolute atomic E-state index is 12.5. The van der Waals surface area contributed by atoms with Crippen LogP contribution in [0, 0.1) is 5.92 Å². The highest BCUT2D eigenvalue weighted by atomic mass is 16.5. The maximum Gasteiger partial charge on any atom is 0.253 e. The molecular formula is C19H24N2O2. The molecule has 0 atom stereocenters. The van der Waals surface area contributed by atoms with Gasteiger partial charge in [0.2, 0.25) is 0 Å². The zero-order valence-electron chi connectivity index (χ0n) is 14.0. The number of rotatable bonds is 7. The van der Waals surface area contributed by atoms with Crippen molar-refractivity contribution in [1.29, 1.82) is 0 Å². The number of likely N-dealkylation sites (N-methyl/N-ethyl adjacent to an activating group) is 1. The standard InChI is InChI=1S/C19H24N2O2/c1-15(2)14-23-18-6-4-5-17(13-18)19(22)21(3)12-9-16-7-10-20-11-8-16/h4-8,10-11,13,15H,9,12,14H2,1-3H3. The number of aromatic nitrogens is 1. The van der Waals surface area contributed by atoms with Crippen molar-refractivity contribution in [1.82, 2.24) is 9.88 Å². The van der Waals surface area contributed by atoms with Gasteiger partial charge >= 0.3 is 0 Å². The van der Waals surface area contributed by atoms with Gasteiger partial charge in [-0.3, -0.25) is 9.78 Å². The van der Waals surface area contributed by atoms with E-state index in [9.17, 15) is 4.79 Å². The minimum atomic E-state index is 0.00838. The van der Waals surface area contributed by atoms with Crippen LogP contribution < -0.4 is 4.74 Å². The van der Waals surface area contributed by atoms with E-state index in [0.29, 0.717) is 24.6 Å². The molecule has 0 aliphatic rings. The fourth-order valence-corrected chi connectivity index (χ4v) is 2.15. The molecule has 0 N–H and O–H groups in total. The van der Waals surface area contributed by atoms with Crippen LogP contribution in [0.15, 0.2) is 48.8 Å². The fourth-order valence-electron chi connectivity index (χ4n) is 2.15. The van der Waals surface area contributed by atoms with Gasteiger partial charge in [-0.2, -0.15) is 0 Å². The molecule has 0 bridgehead atoms. The summed E-state index contributed by atoms with van der Waals surface area (Å²) in [6.45, 7) is 5.51. The second-order valence-corrected chi connectivity index (χ2v) is 6.06. The maximum atomic E-state index is 12.5. The molecule has 2 aromatic rings. The smallest absolute Gasteiger partial charge is 0.253 e. The molecule has 0 radical (unpaired) electrons. The minimum Gasteiger partial charge on any atom is -0.493 e. The summed E-state index contributed by atoms with van der Waals surface area (Å²) < 4.78 is 5.69. The van der Waals surface area contributed by atoms with Crippen LogP contribution in [0.4, 0.5) is 0 Å². The van der Waals surface area contributed by atoms with Crippen LogP contribution in [0.1, 0.15) is 29.8 Å². The Labute approximate surface area is 138 Å². The Kier molecular flexibility index (Phi) is 6.15. The number of carbonyl (C=O) groups excluding carboxylic acids is 1. The summed E-state index contributed by atoms with van der Waals surface area (Å²) in [4.78, 5) is 18.3. The molecule has 23 heavy (non-hydrogen) atoms. The molecule has 122 valence electrons. The monoisotopic (exact) mass is 312 g/mol. The quantitative estimate of drug-likeness (QED) is 0.786. The predicted molar refractivity (Wildman–Crippen MR) is 91.7 cm³/mol. The van der Waals surface area contributed by atoms with E-state index in [0.717, 1.165) is 12.2 Å². The summed E-state index contributed by atoms with van der Waals surface area (Å²) in [6, 6.07) is 11.3. The number of carbonyl (C=O) groups is 1. The van der Waals surface area contributed by atoms with E-state index in [4.69, 9.17) is 4.74 Å². The van der Waals surface area contributed by atoms with Crippen molar-refractivity contribution in [3.8, 4) is 5.75 Å². The van der Waals surface area contributed by atoms with Gasteiger partial charge in [0.15, 0.2) is 0 Å². The lowest BCUT2D eigenvalue weighted by atomic mass is 10.1. The summed E-state index contributed by atoms with van der Waals surface area (Å²) in [7, 11) is 1.82. The molecule has 0 aliphatic heterocycles. The van der Waals surface area contributed by atoms with E-state index in [1.54, 1.807) is 17.3 Å². The summed E-state index contributed by atoms with van der Waals surface area (Å²) in [5.41, 5.74) is 1.83. The highest BCUT2D eigenvalue weighted by molar-refractivity contribution is 5.94. The van der Waals surface area contributed by atoms with E-state index in [2.05, 4.69) is 18.8 Å². The molecule has 1 aromatic carbocycles. The largest absolute Gasteiger partial charge is 0.493 e. The average Bonchev–Trinajstić information content (AvgIpc) is 2.58. The molecule has 2 rings (SSSR count). The van der Waals surface area contributed by atoms with Crippen molar-refractivity contribution in [3.63, 3.8) is 0 Å². The van der Waals surface area contributed by atoms with Crippen molar-refractivity contribution in [2.75, 3.05) is 20.2 Å². The topological polar surface area (TPSA) is 42.4 Å². The lowest BCUT2D eigenvalue weighted by Gasteiger charge is -2.18. The number of ether oxygens (including phenoxy) is 1. The van der Waals surface area contributed by atoms with E-state index < -0.39 is 0 Å². The van der Waals surface area contributed by atoms with E-state index in [1.165, 1.54) is 5.56 Å². The molecule has 4 heteroatoms. The number of pyridine rings is 1. The van der Waals surface area contributed by atoms with Crippen LogP contribution in [0.3, 0.4) is 0 Å². The zero-order valence-corrected chi connectivity index (χ0v) is 14.0. The number of amides is 1. The van der Waals surface area contributed by atoms with Crippen LogP contribution in [-0.2, 0) is 6.42 Å². The van der Waals surface area contributed by atoms with Gasteiger partial charge in [-0.15, -0.1) is 0 Å². The van der Waals surface area contributed by atoms with Gasteiger partial charge in [-0.05, 0) is 48.2 Å². The minimum absolute atomic E-state index is 0.00838. The Morgan fingerprint density at radius 1 is 1.22 bits per heavy atom. The molecule has 0 aliphatic carbocycles. The molecule has 0 spiro atoms. The molecule has 1 heterocycles. The lowest BCUT2D eigenvalue weighted by molar-refractivity contribution is 0.0796. The first-order chi connectivity index (χ1) is 11.1. The first-order valence-corrected chi connectivity index (χ1v) is 7.93. The summed E-state index contributed by atoms with van der Waals surface area (Å²) in [6.07, 6.45) is 4.35. The highest BCUT2D eigenvalue weighted by Gasteiger charge is 2.12. The van der Waals surface area contributed by atoms with Crippen molar-refractivity contribution in [3.05, 3.63) is 59.9 Å². The van der Waals surface area contributed by atoms with Gasteiger partial charge in [0.05, 0.1) is 6.61 Å². The summed E-state index contributed by atoms with van der Waals surface area (Å²) >= 11 is 0. The Hall–Kier alpha value is -2.36. The Morgan fingerprint density at radius 2 is 1.96 bits per heavy atom. The van der Waals surface area contributed by atoms with Crippen molar-refractivity contribution < 1.29 is 9.53 Å². The summed E-state index contributed by atoms with van der Waals surface area (Å²) in [5.74, 6) is 1.21. The van der Waals surface area contributed by atoms with Crippen LogP contribution in [0.25, 0.3) is 0 Å². The number of hydrogen-bond donors (Lipinski definition) is 0. The Balaban J connectivity index is 1.94. The fraction of sp³-hybridized carbons (Fsp3) is 0.368. The molecule has 1 amide bonds. The van der Waals surface area contributed by atoms with Gasteiger partial charge in [0, 0.05) is 31.5 Å². The van der Waals surface area contributed by atoms with E-state index >= 15 is 0 Å². The SMILES string of the molecule is CC(C)COc1cccc(C(=O)N(C)CCc2ccncc2)c1. The molecule has 0 saturated heterocycles. The molecule has 0 fully saturated rings. The average molecular weight is 312 g/mol. The van der Waals surface area contributed by atoms with Crippen LogP contribution in [-0.4, -0.2) is 36.0 Å². The van der Waals surface area contributed by atoms with Crippen LogP contribution in [0.5, 0.6) is 5.75 Å². The van der Waals surface area contributed by atoms with Gasteiger partial charge < -0.3 is 9.64 Å². The molecule has 0 unspecified atom stereocenters. The molecular weight excluding hydrogens is 288 g/mol. The van der Waals surface area contributed by atoms with E-state index in [1.807, 2.05) is 43.4 Å². The van der Waals surface area contributed by atoms with Gasteiger partial charge in [0.25, 0.3) is 5.91 Å². The second-order valence-electron chi connectivity index (χ2n) is 6.06. The van der Waals surface area contributed by atoms with Crippen LogP contribution >= 0.6 is 0 Å². The van der Waals surface area contributed by atoms with Crippen LogP contribution in [0.2, 0.25) is 0 Å². The van der Waals surface area contributed by atoms with Gasteiger partial charge in [0.1, 0.15) is 5.75 Å². The Bertz CT molecular complexity index is 626.